The molecule has 0 aliphatic heterocycles. The molecule has 0 spiro atoms. The summed E-state index contributed by atoms with van der Waals surface area (Å²) in [5.41, 5.74) is -1.07. The summed E-state index contributed by atoms with van der Waals surface area (Å²) in [6.07, 6.45) is 2.38. The van der Waals surface area contributed by atoms with E-state index in [1.165, 1.54) is 0 Å². The van der Waals surface area contributed by atoms with Crippen molar-refractivity contribution in [2.45, 2.75) is 38.8 Å². The summed E-state index contributed by atoms with van der Waals surface area (Å²) in [4.78, 5) is 37.3. The molecule has 1 fully saturated rings. The molecule has 24 heavy (non-hydrogen) atoms. The number of hydrogen-bond acceptors (Lipinski definition) is 4. The van der Waals surface area contributed by atoms with Crippen LogP contribution in [0.1, 0.15) is 36.7 Å². The number of rotatable bonds is 5. The fourth-order valence-corrected chi connectivity index (χ4v) is 2.44. The Bertz CT molecular complexity index is 882. The number of amides is 1. The Labute approximate surface area is 142 Å². The molecule has 126 valence electrons. The van der Waals surface area contributed by atoms with Gasteiger partial charge in [0.15, 0.2) is 0 Å². The Morgan fingerprint density at radius 3 is 2.54 bits per heavy atom. The van der Waals surface area contributed by atoms with Gasteiger partial charge in [0, 0.05) is 17.6 Å². The number of nitrogens with one attached hydrogen (secondary N) is 1. The van der Waals surface area contributed by atoms with E-state index in [0.717, 1.165) is 22.1 Å². The van der Waals surface area contributed by atoms with Crippen molar-refractivity contribution in [2.75, 3.05) is 0 Å². The van der Waals surface area contributed by atoms with Crippen LogP contribution >= 0.6 is 11.6 Å². The Hall–Kier alpha value is -2.41. The predicted octanol–water partition coefficient (Wildman–Crippen LogP) is 1.35. The lowest BCUT2D eigenvalue weighted by Gasteiger charge is -2.11. The van der Waals surface area contributed by atoms with Gasteiger partial charge in [0.25, 0.3) is 11.5 Å². The first-order chi connectivity index (χ1) is 11.5. The number of carbonyl (C=O) groups excluding carboxylic acids is 1. The molecule has 1 N–H and O–H groups in total. The van der Waals surface area contributed by atoms with E-state index in [1.807, 2.05) is 6.92 Å². The van der Waals surface area contributed by atoms with E-state index >= 15 is 0 Å². The van der Waals surface area contributed by atoms with Crippen LogP contribution in [-0.4, -0.2) is 26.3 Å². The largest absolute Gasteiger partial charge is 0.352 e. The van der Waals surface area contributed by atoms with Crippen molar-refractivity contribution in [2.24, 2.45) is 0 Å². The maximum Gasteiger partial charge on any atom is 0.352 e. The third-order valence-corrected chi connectivity index (χ3v) is 3.96. The van der Waals surface area contributed by atoms with E-state index < -0.39 is 17.2 Å². The molecule has 2 aromatic rings. The van der Waals surface area contributed by atoms with E-state index in [2.05, 4.69) is 10.4 Å². The van der Waals surface area contributed by atoms with Crippen LogP contribution in [0.2, 0.25) is 5.02 Å². The lowest BCUT2D eigenvalue weighted by molar-refractivity contribution is 0.0941. The molecular weight excluding hydrogens is 332 g/mol. The Kier molecular flexibility index (Phi) is 4.53. The summed E-state index contributed by atoms with van der Waals surface area (Å²) in [5.74, 6) is -0.546. The standard InChI is InChI=1S/C16H17ClN4O3/c1-2-9-20-15(23)13(14(22)18-11-5-6-11)19-21(16(20)24)12-7-3-10(17)4-8-12/h3-4,7-8,11H,2,5-6,9H2,1H3,(H,18,22). The molecule has 1 heterocycles. The summed E-state index contributed by atoms with van der Waals surface area (Å²) in [6, 6.07) is 6.54. The molecule has 3 rings (SSSR count). The van der Waals surface area contributed by atoms with Gasteiger partial charge in [0.05, 0.1) is 5.69 Å². The topological polar surface area (TPSA) is 86.0 Å². The maximum absolute atomic E-state index is 12.6. The van der Waals surface area contributed by atoms with Gasteiger partial charge in [-0.2, -0.15) is 9.78 Å². The number of benzene rings is 1. The van der Waals surface area contributed by atoms with Crippen molar-refractivity contribution in [3.8, 4) is 5.69 Å². The lowest BCUT2D eigenvalue weighted by Crippen LogP contribution is -2.46. The molecule has 0 saturated heterocycles. The van der Waals surface area contributed by atoms with Crippen LogP contribution in [0.4, 0.5) is 0 Å². The fourth-order valence-electron chi connectivity index (χ4n) is 2.31. The van der Waals surface area contributed by atoms with Crippen molar-refractivity contribution in [1.29, 1.82) is 0 Å². The molecule has 0 atom stereocenters. The first-order valence-electron chi connectivity index (χ1n) is 7.82. The second-order valence-corrected chi connectivity index (χ2v) is 6.16. The lowest BCUT2D eigenvalue weighted by atomic mass is 10.3. The maximum atomic E-state index is 12.6. The number of aromatic nitrogens is 3. The molecule has 1 aliphatic rings. The molecule has 1 amide bonds. The molecule has 1 aromatic carbocycles. The zero-order valence-electron chi connectivity index (χ0n) is 13.2. The molecule has 1 aromatic heterocycles. The third kappa shape index (κ3) is 3.26. The highest BCUT2D eigenvalue weighted by atomic mass is 35.5. The van der Waals surface area contributed by atoms with Crippen LogP contribution < -0.4 is 16.6 Å². The summed E-state index contributed by atoms with van der Waals surface area (Å²) in [5, 5.41) is 7.26. The second-order valence-electron chi connectivity index (χ2n) is 5.72. The van der Waals surface area contributed by atoms with Gasteiger partial charge in [-0.05, 0) is 43.5 Å². The SMILES string of the molecule is CCCn1c(=O)c(C(=O)NC2CC2)nn(-c2ccc(Cl)cc2)c1=O. The van der Waals surface area contributed by atoms with E-state index in [4.69, 9.17) is 11.6 Å². The minimum absolute atomic E-state index is 0.0919. The highest BCUT2D eigenvalue weighted by Crippen LogP contribution is 2.18. The van der Waals surface area contributed by atoms with Gasteiger partial charge < -0.3 is 5.32 Å². The summed E-state index contributed by atoms with van der Waals surface area (Å²) in [6.45, 7) is 2.07. The Balaban J connectivity index is 2.15. The Morgan fingerprint density at radius 1 is 1.29 bits per heavy atom. The Morgan fingerprint density at radius 2 is 1.96 bits per heavy atom. The first kappa shape index (κ1) is 16.4. The van der Waals surface area contributed by atoms with Gasteiger partial charge in [-0.15, -0.1) is 0 Å². The minimum Gasteiger partial charge on any atom is -0.348 e. The minimum atomic E-state index is -0.662. The van der Waals surface area contributed by atoms with E-state index in [9.17, 15) is 14.4 Å². The van der Waals surface area contributed by atoms with Crippen LogP contribution in [0, 0.1) is 0 Å². The quantitative estimate of drug-likeness (QED) is 0.883. The van der Waals surface area contributed by atoms with Gasteiger partial charge >= 0.3 is 5.69 Å². The van der Waals surface area contributed by atoms with Gasteiger partial charge in [-0.3, -0.25) is 14.2 Å². The van der Waals surface area contributed by atoms with Crippen LogP contribution in [-0.2, 0) is 6.54 Å². The van der Waals surface area contributed by atoms with Crippen LogP contribution in [0.5, 0.6) is 0 Å². The van der Waals surface area contributed by atoms with E-state index in [-0.39, 0.29) is 18.3 Å². The van der Waals surface area contributed by atoms with Gasteiger partial charge in [0.2, 0.25) is 5.69 Å². The third-order valence-electron chi connectivity index (χ3n) is 3.71. The number of nitrogens with zero attached hydrogens (tertiary/aromatic N) is 3. The second kappa shape index (κ2) is 6.60. The summed E-state index contributed by atoms with van der Waals surface area (Å²) in [7, 11) is 0. The van der Waals surface area contributed by atoms with Crippen molar-refractivity contribution in [3.05, 3.63) is 55.8 Å². The van der Waals surface area contributed by atoms with Crippen molar-refractivity contribution < 1.29 is 4.79 Å². The summed E-state index contributed by atoms with van der Waals surface area (Å²) < 4.78 is 2.11. The van der Waals surface area contributed by atoms with Crippen molar-refractivity contribution in [1.82, 2.24) is 19.7 Å². The van der Waals surface area contributed by atoms with Crippen LogP contribution in [0.25, 0.3) is 5.69 Å². The molecule has 8 heteroatoms. The van der Waals surface area contributed by atoms with Crippen molar-refractivity contribution >= 4 is 17.5 Å². The molecule has 0 radical (unpaired) electrons. The van der Waals surface area contributed by atoms with Gasteiger partial charge in [-0.25, -0.2) is 4.79 Å². The average molecular weight is 349 g/mol. The summed E-state index contributed by atoms with van der Waals surface area (Å²) >= 11 is 5.86. The molecule has 7 nitrogen and oxygen atoms in total. The van der Waals surface area contributed by atoms with E-state index in [1.54, 1.807) is 24.3 Å². The first-order valence-corrected chi connectivity index (χ1v) is 8.20. The van der Waals surface area contributed by atoms with Gasteiger partial charge in [-0.1, -0.05) is 18.5 Å². The molecule has 0 bridgehead atoms. The molecule has 1 saturated carbocycles. The molecule has 0 unspecified atom stereocenters. The zero-order chi connectivity index (χ0) is 17.3. The predicted molar refractivity (Wildman–Crippen MR) is 89.9 cm³/mol. The fraction of sp³-hybridized carbons (Fsp3) is 0.375. The van der Waals surface area contributed by atoms with Crippen molar-refractivity contribution in [3.63, 3.8) is 0 Å². The highest BCUT2D eigenvalue weighted by molar-refractivity contribution is 6.30. The number of hydrogen-bond donors (Lipinski definition) is 1. The number of carbonyl (C=O) groups is 1. The number of halogens is 1. The van der Waals surface area contributed by atoms with Gasteiger partial charge in [0.1, 0.15) is 0 Å². The monoisotopic (exact) mass is 348 g/mol. The normalized spacial score (nSPS) is 13.8. The zero-order valence-corrected chi connectivity index (χ0v) is 13.9. The highest BCUT2D eigenvalue weighted by Gasteiger charge is 2.27. The van der Waals surface area contributed by atoms with Crippen LogP contribution in [0.15, 0.2) is 33.9 Å². The molecule has 1 aliphatic carbocycles. The smallest absolute Gasteiger partial charge is 0.348 e. The van der Waals surface area contributed by atoms with E-state index in [0.29, 0.717) is 17.1 Å². The van der Waals surface area contributed by atoms with Crippen LogP contribution in [0.3, 0.4) is 0 Å². The average Bonchev–Trinajstić information content (AvgIpc) is 3.36. The molecular formula is C16H17ClN4O3.